The Hall–Kier alpha value is -1.89. The normalized spacial score (nSPS) is 24.9. The molecule has 2 aliphatic rings. The van der Waals surface area contributed by atoms with Crippen LogP contribution in [0.15, 0.2) is 12.4 Å². The first-order valence-corrected chi connectivity index (χ1v) is 9.27. The van der Waals surface area contributed by atoms with E-state index in [0.717, 1.165) is 37.9 Å². The lowest BCUT2D eigenvalue weighted by Gasteiger charge is -2.30. The maximum atomic E-state index is 12.7. The molecule has 0 aromatic carbocycles. The van der Waals surface area contributed by atoms with Crippen LogP contribution >= 0.6 is 0 Å². The molecule has 1 saturated heterocycles. The van der Waals surface area contributed by atoms with Gasteiger partial charge in [0.15, 0.2) is 0 Å². The number of aliphatic hydroxyl groups excluding tert-OH is 1. The number of imidazole rings is 1. The Morgan fingerprint density at radius 2 is 1.80 bits per heavy atom. The van der Waals surface area contributed by atoms with Crippen LogP contribution in [0.2, 0.25) is 0 Å². The summed E-state index contributed by atoms with van der Waals surface area (Å²) in [4.78, 5) is 33.2. The van der Waals surface area contributed by atoms with Crippen molar-refractivity contribution in [3.8, 4) is 0 Å². The molecule has 2 amide bonds. The van der Waals surface area contributed by atoms with Crippen LogP contribution in [0, 0.1) is 12.8 Å². The predicted octanol–water partition coefficient (Wildman–Crippen LogP) is 0.804. The quantitative estimate of drug-likeness (QED) is 0.876. The maximum Gasteiger partial charge on any atom is 0.242 e. The highest BCUT2D eigenvalue weighted by Gasteiger charge is 2.30. The van der Waals surface area contributed by atoms with Crippen LogP contribution in [-0.4, -0.2) is 68.6 Å². The Morgan fingerprint density at radius 1 is 1.12 bits per heavy atom. The van der Waals surface area contributed by atoms with Crippen LogP contribution in [0.5, 0.6) is 0 Å². The molecular formula is C18H28N4O3. The minimum Gasteiger partial charge on any atom is -0.393 e. The lowest BCUT2D eigenvalue weighted by molar-refractivity contribution is -0.138. The van der Waals surface area contributed by atoms with Crippen LogP contribution in [0.3, 0.4) is 0 Å². The zero-order valence-corrected chi connectivity index (χ0v) is 14.9. The second-order valence-corrected chi connectivity index (χ2v) is 7.17. The van der Waals surface area contributed by atoms with Crippen LogP contribution in [0.25, 0.3) is 0 Å². The summed E-state index contributed by atoms with van der Waals surface area (Å²) < 4.78 is 1.85. The van der Waals surface area contributed by atoms with Crippen molar-refractivity contribution >= 4 is 11.8 Å². The highest BCUT2D eigenvalue weighted by atomic mass is 16.3. The zero-order chi connectivity index (χ0) is 17.8. The molecule has 138 valence electrons. The molecule has 1 N–H and O–H groups in total. The van der Waals surface area contributed by atoms with Gasteiger partial charge in [0.25, 0.3) is 0 Å². The lowest BCUT2D eigenvalue weighted by atomic mass is 9.86. The van der Waals surface area contributed by atoms with E-state index in [1.54, 1.807) is 6.20 Å². The van der Waals surface area contributed by atoms with Gasteiger partial charge in [-0.3, -0.25) is 9.59 Å². The van der Waals surface area contributed by atoms with Crippen LogP contribution in [0.4, 0.5) is 0 Å². The molecular weight excluding hydrogens is 320 g/mol. The van der Waals surface area contributed by atoms with E-state index in [1.807, 2.05) is 27.5 Å². The van der Waals surface area contributed by atoms with E-state index in [9.17, 15) is 14.7 Å². The van der Waals surface area contributed by atoms with Crippen molar-refractivity contribution in [1.82, 2.24) is 19.4 Å². The van der Waals surface area contributed by atoms with Gasteiger partial charge in [0.1, 0.15) is 12.4 Å². The van der Waals surface area contributed by atoms with Gasteiger partial charge in [0.2, 0.25) is 11.8 Å². The molecule has 1 aliphatic carbocycles. The number of amides is 2. The number of aliphatic hydroxyl groups is 1. The van der Waals surface area contributed by atoms with Gasteiger partial charge >= 0.3 is 0 Å². The van der Waals surface area contributed by atoms with E-state index < -0.39 is 0 Å². The number of nitrogens with zero attached hydrogens (tertiary/aromatic N) is 4. The second kappa shape index (κ2) is 7.99. The van der Waals surface area contributed by atoms with Crippen molar-refractivity contribution in [3.63, 3.8) is 0 Å². The fourth-order valence-corrected chi connectivity index (χ4v) is 3.78. The highest BCUT2D eigenvalue weighted by Crippen LogP contribution is 2.26. The third-order valence-electron chi connectivity index (χ3n) is 5.44. The molecule has 1 aromatic heterocycles. The van der Waals surface area contributed by atoms with E-state index in [0.29, 0.717) is 32.7 Å². The van der Waals surface area contributed by atoms with Crippen LogP contribution in [-0.2, 0) is 16.1 Å². The Labute approximate surface area is 148 Å². The molecule has 7 heteroatoms. The molecule has 2 heterocycles. The molecule has 3 rings (SSSR count). The molecule has 0 unspecified atom stereocenters. The molecule has 25 heavy (non-hydrogen) atoms. The lowest BCUT2D eigenvalue weighted by Crippen LogP contribution is -2.41. The van der Waals surface area contributed by atoms with Gasteiger partial charge in [0.05, 0.1) is 6.10 Å². The summed E-state index contributed by atoms with van der Waals surface area (Å²) in [6.45, 7) is 4.79. The third-order valence-corrected chi connectivity index (χ3v) is 5.44. The molecule has 0 atom stereocenters. The Balaban J connectivity index is 1.52. The smallest absolute Gasteiger partial charge is 0.242 e. The number of carbonyl (C=O) groups is 2. The molecule has 0 spiro atoms. The van der Waals surface area contributed by atoms with Gasteiger partial charge in [-0.05, 0) is 39.0 Å². The summed E-state index contributed by atoms with van der Waals surface area (Å²) in [5, 5.41) is 9.61. The molecule has 7 nitrogen and oxygen atoms in total. The zero-order valence-electron chi connectivity index (χ0n) is 14.9. The summed E-state index contributed by atoms with van der Waals surface area (Å²) in [6, 6.07) is 0. The van der Waals surface area contributed by atoms with Crippen molar-refractivity contribution in [2.75, 3.05) is 26.2 Å². The summed E-state index contributed by atoms with van der Waals surface area (Å²) in [7, 11) is 0. The Bertz CT molecular complexity index is 607. The van der Waals surface area contributed by atoms with Gasteiger partial charge < -0.3 is 19.5 Å². The van der Waals surface area contributed by atoms with Crippen molar-refractivity contribution in [1.29, 1.82) is 0 Å². The first-order valence-electron chi connectivity index (χ1n) is 9.27. The SMILES string of the molecule is Cc1nccn1CC(=O)N1CCCN(C(=O)C2CCC(O)CC2)CC1. The number of aryl methyl sites for hydroxylation is 1. The molecule has 0 bridgehead atoms. The minimum atomic E-state index is -0.243. The summed E-state index contributed by atoms with van der Waals surface area (Å²) in [5.41, 5.74) is 0. The largest absolute Gasteiger partial charge is 0.393 e. The van der Waals surface area contributed by atoms with Crippen molar-refractivity contribution < 1.29 is 14.7 Å². The Kier molecular flexibility index (Phi) is 5.73. The van der Waals surface area contributed by atoms with Gasteiger partial charge in [0, 0.05) is 44.5 Å². The molecule has 1 saturated carbocycles. The first kappa shape index (κ1) is 17.9. The van der Waals surface area contributed by atoms with Crippen LogP contribution in [0.1, 0.15) is 37.9 Å². The molecule has 0 radical (unpaired) electrons. The monoisotopic (exact) mass is 348 g/mol. The number of rotatable bonds is 3. The first-order chi connectivity index (χ1) is 12.0. The van der Waals surface area contributed by atoms with Gasteiger partial charge in [-0.1, -0.05) is 0 Å². The topological polar surface area (TPSA) is 78.7 Å². The highest BCUT2D eigenvalue weighted by molar-refractivity contribution is 5.79. The fraction of sp³-hybridized carbons (Fsp3) is 0.722. The van der Waals surface area contributed by atoms with Crippen LogP contribution < -0.4 is 0 Å². The average Bonchev–Trinajstić information content (AvgIpc) is 2.86. The number of carbonyl (C=O) groups excluding carboxylic acids is 2. The van der Waals surface area contributed by atoms with Crippen molar-refractivity contribution in [3.05, 3.63) is 18.2 Å². The Morgan fingerprint density at radius 3 is 2.48 bits per heavy atom. The number of hydrogen-bond donors (Lipinski definition) is 1. The van der Waals surface area contributed by atoms with E-state index in [2.05, 4.69) is 4.98 Å². The minimum absolute atomic E-state index is 0.0410. The number of aromatic nitrogens is 2. The third kappa shape index (κ3) is 4.39. The van der Waals surface area contributed by atoms with Gasteiger partial charge in [-0.15, -0.1) is 0 Å². The van der Waals surface area contributed by atoms with Gasteiger partial charge in [-0.2, -0.15) is 0 Å². The maximum absolute atomic E-state index is 12.7. The standard InChI is InChI=1S/C18H28N4O3/c1-14-19-7-10-22(14)13-17(24)20-8-2-9-21(12-11-20)18(25)15-3-5-16(23)6-4-15/h7,10,15-16,23H,2-6,8-9,11-13H2,1H3. The fourth-order valence-electron chi connectivity index (χ4n) is 3.78. The summed E-state index contributed by atoms with van der Waals surface area (Å²) in [6.07, 6.45) is 7.09. The number of hydrogen-bond acceptors (Lipinski definition) is 4. The van der Waals surface area contributed by atoms with E-state index >= 15 is 0 Å². The van der Waals surface area contributed by atoms with E-state index in [4.69, 9.17) is 0 Å². The molecule has 2 fully saturated rings. The van der Waals surface area contributed by atoms with Crippen molar-refractivity contribution in [2.45, 2.75) is 51.7 Å². The average molecular weight is 348 g/mol. The van der Waals surface area contributed by atoms with E-state index in [-0.39, 0.29) is 23.8 Å². The van der Waals surface area contributed by atoms with Gasteiger partial charge in [-0.25, -0.2) is 4.98 Å². The molecule has 1 aliphatic heterocycles. The van der Waals surface area contributed by atoms with E-state index in [1.165, 1.54) is 0 Å². The molecule has 1 aromatic rings. The second-order valence-electron chi connectivity index (χ2n) is 7.17. The summed E-state index contributed by atoms with van der Waals surface area (Å²) in [5.74, 6) is 1.15. The van der Waals surface area contributed by atoms with Crippen molar-refractivity contribution in [2.24, 2.45) is 5.92 Å². The summed E-state index contributed by atoms with van der Waals surface area (Å²) >= 11 is 0. The predicted molar refractivity (Wildman–Crippen MR) is 92.7 cm³/mol.